The molecule has 1 fully saturated rings. The average molecular weight is 227 g/mol. The Balaban J connectivity index is 1.87. The van der Waals surface area contributed by atoms with Gasteiger partial charge in [-0.25, -0.2) is 4.39 Å². The summed E-state index contributed by atoms with van der Waals surface area (Å²) in [7, 11) is 0. The number of rotatable bonds is 4. The maximum atomic E-state index is 13.3. The predicted molar refractivity (Wildman–Crippen MR) is 61.7 cm³/mol. The molecule has 2 rings (SSSR count). The molecule has 0 aromatic heterocycles. The zero-order chi connectivity index (χ0) is 10.7. The first-order chi connectivity index (χ1) is 7.25. The van der Waals surface area contributed by atoms with Crippen molar-refractivity contribution in [2.24, 2.45) is 5.92 Å². The molecule has 1 aromatic carbocycles. The fourth-order valence-electron chi connectivity index (χ4n) is 2.08. The van der Waals surface area contributed by atoms with E-state index in [1.165, 1.54) is 25.3 Å². The van der Waals surface area contributed by atoms with Gasteiger partial charge in [0, 0.05) is 5.38 Å². The molecule has 1 aliphatic rings. The van der Waals surface area contributed by atoms with Crippen molar-refractivity contribution in [1.82, 2.24) is 0 Å². The van der Waals surface area contributed by atoms with E-state index in [2.05, 4.69) is 0 Å². The Morgan fingerprint density at radius 1 is 1.33 bits per heavy atom. The molecular weight excluding hydrogens is 211 g/mol. The zero-order valence-corrected chi connectivity index (χ0v) is 9.51. The molecule has 0 amide bonds. The van der Waals surface area contributed by atoms with Crippen LogP contribution in [0.1, 0.15) is 31.2 Å². The molecule has 0 aliphatic heterocycles. The molecule has 1 atom stereocenters. The van der Waals surface area contributed by atoms with Crippen molar-refractivity contribution in [3.05, 3.63) is 35.6 Å². The highest BCUT2D eigenvalue weighted by molar-refractivity contribution is 6.20. The van der Waals surface area contributed by atoms with Crippen LogP contribution in [0.25, 0.3) is 0 Å². The van der Waals surface area contributed by atoms with Crippen LogP contribution in [0.2, 0.25) is 0 Å². The van der Waals surface area contributed by atoms with Gasteiger partial charge in [-0.2, -0.15) is 0 Å². The van der Waals surface area contributed by atoms with Gasteiger partial charge in [0.2, 0.25) is 0 Å². The zero-order valence-electron chi connectivity index (χ0n) is 8.76. The Morgan fingerprint density at radius 2 is 2.07 bits per heavy atom. The SMILES string of the molecule is Fc1ccccc1CC(Cl)CC1CCC1. The van der Waals surface area contributed by atoms with Crippen LogP contribution in [0.4, 0.5) is 4.39 Å². The molecule has 82 valence electrons. The second kappa shape index (κ2) is 4.98. The van der Waals surface area contributed by atoms with E-state index in [1.807, 2.05) is 12.1 Å². The van der Waals surface area contributed by atoms with Crippen molar-refractivity contribution in [1.29, 1.82) is 0 Å². The Morgan fingerprint density at radius 3 is 2.67 bits per heavy atom. The molecule has 15 heavy (non-hydrogen) atoms. The lowest BCUT2D eigenvalue weighted by molar-refractivity contribution is 0.291. The number of hydrogen-bond acceptors (Lipinski definition) is 0. The highest BCUT2D eigenvalue weighted by Gasteiger charge is 2.21. The van der Waals surface area contributed by atoms with E-state index in [9.17, 15) is 4.39 Å². The van der Waals surface area contributed by atoms with Crippen LogP contribution in [-0.4, -0.2) is 5.38 Å². The molecule has 0 nitrogen and oxygen atoms in total. The standard InChI is InChI=1S/C13H16ClF/c14-12(8-10-4-3-5-10)9-11-6-1-2-7-13(11)15/h1-2,6-7,10,12H,3-5,8-9H2. The van der Waals surface area contributed by atoms with Gasteiger partial charge in [0.1, 0.15) is 5.82 Å². The minimum Gasteiger partial charge on any atom is -0.207 e. The lowest BCUT2D eigenvalue weighted by Crippen LogP contribution is -2.17. The fraction of sp³-hybridized carbons (Fsp3) is 0.538. The second-order valence-electron chi connectivity index (χ2n) is 4.43. The van der Waals surface area contributed by atoms with Crippen molar-refractivity contribution >= 4 is 11.6 Å². The molecule has 0 saturated heterocycles. The molecule has 1 saturated carbocycles. The van der Waals surface area contributed by atoms with E-state index in [0.29, 0.717) is 6.42 Å². The number of hydrogen-bond donors (Lipinski definition) is 0. The first-order valence-electron chi connectivity index (χ1n) is 5.63. The fourth-order valence-corrected chi connectivity index (χ4v) is 2.49. The van der Waals surface area contributed by atoms with Gasteiger partial charge >= 0.3 is 0 Å². The van der Waals surface area contributed by atoms with Crippen LogP contribution in [0.5, 0.6) is 0 Å². The summed E-state index contributed by atoms with van der Waals surface area (Å²) < 4.78 is 13.3. The monoisotopic (exact) mass is 226 g/mol. The molecule has 0 N–H and O–H groups in total. The van der Waals surface area contributed by atoms with Gasteiger partial charge < -0.3 is 0 Å². The van der Waals surface area contributed by atoms with Crippen molar-refractivity contribution in [3.8, 4) is 0 Å². The minimum absolute atomic E-state index is 0.0900. The summed E-state index contributed by atoms with van der Waals surface area (Å²) in [5, 5.41) is 0.0900. The molecule has 1 aromatic rings. The Labute approximate surface area is 95.4 Å². The smallest absolute Gasteiger partial charge is 0.126 e. The third kappa shape index (κ3) is 2.94. The molecule has 1 aliphatic carbocycles. The predicted octanol–water partition coefficient (Wildman–Crippen LogP) is 4.17. The Kier molecular flexibility index (Phi) is 3.63. The van der Waals surface area contributed by atoms with Gasteiger partial charge in [-0.3, -0.25) is 0 Å². The Hall–Kier alpha value is -0.560. The summed E-state index contributed by atoms with van der Waals surface area (Å²) in [4.78, 5) is 0. The minimum atomic E-state index is -0.128. The van der Waals surface area contributed by atoms with Gasteiger partial charge in [-0.1, -0.05) is 37.5 Å². The second-order valence-corrected chi connectivity index (χ2v) is 5.04. The van der Waals surface area contributed by atoms with Gasteiger partial charge in [-0.05, 0) is 30.4 Å². The van der Waals surface area contributed by atoms with E-state index < -0.39 is 0 Å². The van der Waals surface area contributed by atoms with Crippen molar-refractivity contribution in [2.75, 3.05) is 0 Å². The highest BCUT2D eigenvalue weighted by Crippen LogP contribution is 2.32. The molecule has 2 heteroatoms. The molecule has 0 spiro atoms. The summed E-state index contributed by atoms with van der Waals surface area (Å²) in [5.74, 6) is 0.663. The summed E-state index contributed by atoms with van der Waals surface area (Å²) in [6, 6.07) is 6.91. The van der Waals surface area contributed by atoms with Crippen LogP contribution in [0.3, 0.4) is 0 Å². The van der Waals surface area contributed by atoms with Crippen LogP contribution in [0, 0.1) is 11.7 Å². The first kappa shape index (κ1) is 10.9. The number of alkyl halides is 1. The van der Waals surface area contributed by atoms with Crippen LogP contribution in [0.15, 0.2) is 24.3 Å². The largest absolute Gasteiger partial charge is 0.207 e. The van der Waals surface area contributed by atoms with Crippen LogP contribution >= 0.6 is 11.6 Å². The third-order valence-corrected chi connectivity index (χ3v) is 3.55. The number of halogens is 2. The number of benzene rings is 1. The van der Waals surface area contributed by atoms with Gasteiger partial charge in [0.05, 0.1) is 0 Å². The van der Waals surface area contributed by atoms with Crippen LogP contribution < -0.4 is 0 Å². The quantitative estimate of drug-likeness (QED) is 0.677. The lowest BCUT2D eigenvalue weighted by atomic mass is 9.81. The van der Waals surface area contributed by atoms with Gasteiger partial charge in [0.15, 0.2) is 0 Å². The maximum absolute atomic E-state index is 13.3. The van der Waals surface area contributed by atoms with Crippen molar-refractivity contribution in [2.45, 2.75) is 37.5 Å². The summed E-state index contributed by atoms with van der Waals surface area (Å²) >= 11 is 6.23. The lowest BCUT2D eigenvalue weighted by Gasteiger charge is -2.27. The first-order valence-corrected chi connectivity index (χ1v) is 6.07. The summed E-state index contributed by atoms with van der Waals surface area (Å²) in [6.45, 7) is 0. The maximum Gasteiger partial charge on any atom is 0.126 e. The summed E-state index contributed by atoms with van der Waals surface area (Å²) in [5.41, 5.74) is 0.747. The van der Waals surface area contributed by atoms with E-state index in [4.69, 9.17) is 11.6 Å². The van der Waals surface area contributed by atoms with Gasteiger partial charge in [-0.15, -0.1) is 11.6 Å². The highest BCUT2D eigenvalue weighted by atomic mass is 35.5. The molecule has 0 heterocycles. The van der Waals surface area contributed by atoms with E-state index >= 15 is 0 Å². The normalized spacial score (nSPS) is 18.5. The van der Waals surface area contributed by atoms with E-state index in [1.54, 1.807) is 6.07 Å². The van der Waals surface area contributed by atoms with E-state index in [-0.39, 0.29) is 11.2 Å². The summed E-state index contributed by atoms with van der Waals surface area (Å²) in [6.07, 6.45) is 5.65. The van der Waals surface area contributed by atoms with Gasteiger partial charge in [0.25, 0.3) is 0 Å². The Bertz CT molecular complexity index is 320. The van der Waals surface area contributed by atoms with Crippen molar-refractivity contribution < 1.29 is 4.39 Å². The molecule has 1 unspecified atom stereocenters. The average Bonchev–Trinajstić information content (AvgIpc) is 2.16. The molecule has 0 bridgehead atoms. The van der Waals surface area contributed by atoms with Crippen LogP contribution in [-0.2, 0) is 6.42 Å². The van der Waals surface area contributed by atoms with Crippen molar-refractivity contribution in [3.63, 3.8) is 0 Å². The third-order valence-electron chi connectivity index (χ3n) is 3.21. The topological polar surface area (TPSA) is 0 Å². The molecule has 0 radical (unpaired) electrons. The molecular formula is C13H16ClF. The van der Waals surface area contributed by atoms with E-state index in [0.717, 1.165) is 17.9 Å².